The lowest BCUT2D eigenvalue weighted by Gasteiger charge is -2.30. The Bertz CT molecular complexity index is 1080. The molecule has 7 N–H and O–H groups in total. The highest BCUT2D eigenvalue weighted by molar-refractivity contribution is 6.30. The Labute approximate surface area is 269 Å². The quantitative estimate of drug-likeness (QED) is 0.0401. The molecule has 0 saturated heterocycles. The van der Waals surface area contributed by atoms with Crippen LogP contribution in [-0.2, 0) is 14.3 Å². The molecule has 0 heterocycles. The minimum absolute atomic E-state index is 0.0705. The van der Waals surface area contributed by atoms with Gasteiger partial charge in [-0.3, -0.25) is 4.79 Å². The third-order valence-corrected chi connectivity index (χ3v) is 8.26. The number of hydrogen-bond acceptors (Lipinski definition) is 9. The van der Waals surface area contributed by atoms with Crippen LogP contribution in [0.4, 0.5) is 0 Å². The Balaban J connectivity index is 2.60. The molecule has 12 heteroatoms. The Hall–Kier alpha value is -2.28. The van der Waals surface area contributed by atoms with E-state index in [1.54, 1.807) is 43.4 Å². The fourth-order valence-corrected chi connectivity index (χ4v) is 4.76. The first kappa shape index (κ1) is 39.7. The lowest BCUT2D eigenvalue weighted by Crippen LogP contribution is -2.44. The Morgan fingerprint density at radius 2 is 1.59 bits per heavy atom. The van der Waals surface area contributed by atoms with Crippen molar-refractivity contribution in [2.24, 2.45) is 11.8 Å². The number of carbonyl (C=O) groups excluding carboxylic acids is 1. The first-order chi connectivity index (χ1) is 20.7. The third-order valence-electron chi connectivity index (χ3n) is 7.24. The van der Waals surface area contributed by atoms with Crippen LogP contribution in [0, 0.1) is 11.8 Å². The number of aliphatic hydroxyl groups excluding tert-OH is 6. The molecule has 1 unspecified atom stereocenters. The van der Waals surface area contributed by atoms with Gasteiger partial charge in [0.1, 0.15) is 12.2 Å². The zero-order valence-electron chi connectivity index (χ0n) is 25.2. The molecule has 1 saturated carbocycles. The van der Waals surface area contributed by atoms with Gasteiger partial charge in [0, 0.05) is 29.9 Å². The van der Waals surface area contributed by atoms with E-state index >= 15 is 0 Å². The Morgan fingerprint density at radius 1 is 0.955 bits per heavy atom. The van der Waals surface area contributed by atoms with Crippen molar-refractivity contribution in [2.75, 3.05) is 0 Å². The van der Waals surface area contributed by atoms with E-state index in [0.29, 0.717) is 12.8 Å². The number of esters is 1. The second kappa shape index (κ2) is 20.7. The summed E-state index contributed by atoms with van der Waals surface area (Å²) in [6, 6.07) is 0. The van der Waals surface area contributed by atoms with E-state index in [-0.39, 0.29) is 24.3 Å². The number of carboxylic acid groups (broad SMARTS) is 1. The van der Waals surface area contributed by atoms with Gasteiger partial charge in [0.2, 0.25) is 0 Å². The first-order valence-electron chi connectivity index (χ1n) is 14.6. The van der Waals surface area contributed by atoms with E-state index in [9.17, 15) is 40.2 Å². The molecule has 10 nitrogen and oxygen atoms in total. The minimum Gasteiger partial charge on any atom is -0.481 e. The van der Waals surface area contributed by atoms with Gasteiger partial charge in [0.25, 0.3) is 0 Å². The molecule has 1 aliphatic rings. The van der Waals surface area contributed by atoms with Crippen LogP contribution in [0.3, 0.4) is 0 Å². The molecule has 44 heavy (non-hydrogen) atoms. The van der Waals surface area contributed by atoms with Crippen LogP contribution in [-0.4, -0.2) is 95.8 Å². The highest BCUT2D eigenvalue weighted by Crippen LogP contribution is 2.27. The number of aliphatic carboxylic acids is 1. The highest BCUT2D eigenvalue weighted by Gasteiger charge is 2.35. The number of hydrogen-bond donors (Lipinski definition) is 7. The summed E-state index contributed by atoms with van der Waals surface area (Å²) >= 11 is 12.3. The molecule has 0 aromatic rings. The van der Waals surface area contributed by atoms with E-state index in [4.69, 9.17) is 33.0 Å². The molecular formula is C32H46Cl2O10. The minimum atomic E-state index is -1.63. The van der Waals surface area contributed by atoms with Gasteiger partial charge in [-0.15, -0.1) is 11.6 Å². The fourth-order valence-electron chi connectivity index (χ4n) is 4.37. The molecular weight excluding hydrogens is 615 g/mol. The Kier molecular flexibility index (Phi) is 18.7. The van der Waals surface area contributed by atoms with Crippen molar-refractivity contribution in [1.29, 1.82) is 0 Å². The number of ether oxygens (including phenoxy) is 1. The summed E-state index contributed by atoms with van der Waals surface area (Å²) in [4.78, 5) is 23.2. The predicted octanol–water partition coefficient (Wildman–Crippen LogP) is 3.29. The van der Waals surface area contributed by atoms with Gasteiger partial charge in [0.05, 0.1) is 41.8 Å². The van der Waals surface area contributed by atoms with Gasteiger partial charge < -0.3 is 40.5 Å². The molecule has 248 valence electrons. The van der Waals surface area contributed by atoms with Crippen LogP contribution in [0.2, 0.25) is 0 Å². The van der Waals surface area contributed by atoms with Crippen LogP contribution in [0.1, 0.15) is 52.9 Å². The summed E-state index contributed by atoms with van der Waals surface area (Å²) in [5.41, 5.74) is 0.814. The SMILES string of the molecule is CC/C=C/[C@@H](O)[C@@H](Cl)[C@H](O)C[C@@H](O)[C@@H](O)[C@H](O)[C@H](C)/C(Cl)=C/C=C/C=C(C)/C=C/C=C/C(=O)O[C@@H]1CC(C(=O)O)CC[C@@H]1O. The predicted molar refractivity (Wildman–Crippen MR) is 169 cm³/mol. The van der Waals surface area contributed by atoms with Gasteiger partial charge in [-0.1, -0.05) is 79.6 Å². The number of halogens is 2. The molecule has 0 aromatic carbocycles. The number of carbonyl (C=O) groups is 2. The van der Waals surface area contributed by atoms with Crippen molar-refractivity contribution in [2.45, 2.75) is 101 Å². The average Bonchev–Trinajstić information content (AvgIpc) is 2.99. The summed E-state index contributed by atoms with van der Waals surface area (Å²) in [5, 5.41) is 69.7. The zero-order chi connectivity index (χ0) is 33.4. The van der Waals surface area contributed by atoms with Crippen molar-refractivity contribution in [1.82, 2.24) is 0 Å². The van der Waals surface area contributed by atoms with Gasteiger partial charge in [0.15, 0.2) is 0 Å². The molecule has 1 aliphatic carbocycles. The van der Waals surface area contributed by atoms with Crippen LogP contribution < -0.4 is 0 Å². The van der Waals surface area contributed by atoms with Gasteiger partial charge in [-0.25, -0.2) is 4.79 Å². The van der Waals surface area contributed by atoms with Crippen molar-refractivity contribution in [3.8, 4) is 0 Å². The van der Waals surface area contributed by atoms with E-state index in [1.165, 1.54) is 24.3 Å². The maximum absolute atomic E-state index is 12.0. The summed E-state index contributed by atoms with van der Waals surface area (Å²) < 4.78 is 5.21. The summed E-state index contributed by atoms with van der Waals surface area (Å²) in [6.45, 7) is 5.24. The van der Waals surface area contributed by atoms with E-state index in [2.05, 4.69) is 0 Å². The number of aliphatic hydroxyl groups is 6. The highest BCUT2D eigenvalue weighted by atomic mass is 35.5. The molecule has 1 fully saturated rings. The van der Waals surface area contributed by atoms with Crippen molar-refractivity contribution < 1.29 is 50.1 Å². The topological polar surface area (TPSA) is 185 Å². The number of alkyl halides is 1. The normalized spacial score (nSPS) is 25.3. The van der Waals surface area contributed by atoms with Crippen molar-refractivity contribution >= 4 is 35.1 Å². The molecule has 0 aromatic heterocycles. The van der Waals surface area contributed by atoms with Crippen LogP contribution >= 0.6 is 23.2 Å². The zero-order valence-corrected chi connectivity index (χ0v) is 26.7. The lowest BCUT2D eigenvalue weighted by molar-refractivity contribution is -0.159. The standard InChI is InChI=1S/C32H46Cl2O10/c1-4-5-13-24(36)29(34)25(37)18-26(38)31(41)30(40)20(3)22(33)12-8-6-10-19(2)11-7-9-14-28(39)44-27-17-21(32(42)43)15-16-23(27)35/h5-14,20-21,23-27,29-31,35-38,40-41H,4,15-18H2,1-3H3,(H,42,43)/b8-6+,11-7+,13-5+,14-9+,19-10+,22-12-/t20-,21?,23+,24-,25-,26-,27-,29-,30-,31-/m1/s1. The fraction of sp³-hybridized carbons (Fsp3) is 0.562. The second-order valence-electron chi connectivity index (χ2n) is 10.9. The van der Waals surface area contributed by atoms with E-state index in [1.807, 2.05) is 13.8 Å². The Morgan fingerprint density at radius 3 is 2.23 bits per heavy atom. The molecule has 0 bridgehead atoms. The lowest BCUT2D eigenvalue weighted by atomic mass is 9.85. The van der Waals surface area contributed by atoms with E-state index < -0.39 is 71.9 Å². The van der Waals surface area contributed by atoms with Crippen LogP contribution in [0.5, 0.6) is 0 Å². The molecule has 0 amide bonds. The van der Waals surface area contributed by atoms with Gasteiger partial charge >= 0.3 is 11.9 Å². The van der Waals surface area contributed by atoms with Crippen molar-refractivity contribution in [3.05, 3.63) is 71.4 Å². The number of allylic oxidation sites excluding steroid dienone is 9. The average molecular weight is 662 g/mol. The maximum atomic E-state index is 12.0. The molecule has 1 rings (SSSR count). The smallest absolute Gasteiger partial charge is 0.331 e. The largest absolute Gasteiger partial charge is 0.481 e. The summed E-state index contributed by atoms with van der Waals surface area (Å²) in [5.74, 6) is -3.06. The summed E-state index contributed by atoms with van der Waals surface area (Å²) in [6.07, 6.45) is 7.79. The molecule has 0 spiro atoms. The van der Waals surface area contributed by atoms with Crippen molar-refractivity contribution in [3.63, 3.8) is 0 Å². The van der Waals surface area contributed by atoms with Gasteiger partial charge in [-0.05, 0) is 32.3 Å². The monoisotopic (exact) mass is 660 g/mol. The molecule has 0 radical (unpaired) electrons. The van der Waals surface area contributed by atoms with Gasteiger partial charge in [-0.2, -0.15) is 0 Å². The van der Waals surface area contributed by atoms with E-state index in [0.717, 1.165) is 5.57 Å². The molecule has 10 atom stereocenters. The number of rotatable bonds is 17. The number of carboxylic acids is 1. The van der Waals surface area contributed by atoms with Crippen LogP contribution in [0.15, 0.2) is 71.4 Å². The maximum Gasteiger partial charge on any atom is 0.331 e. The summed E-state index contributed by atoms with van der Waals surface area (Å²) in [7, 11) is 0. The third kappa shape index (κ3) is 14.2. The molecule has 0 aliphatic heterocycles. The van der Waals surface area contributed by atoms with Crippen LogP contribution in [0.25, 0.3) is 0 Å². The second-order valence-corrected chi connectivity index (χ2v) is 11.8. The first-order valence-corrected chi connectivity index (χ1v) is 15.4.